The van der Waals surface area contributed by atoms with Crippen LogP contribution < -0.4 is 10.5 Å². The topological polar surface area (TPSA) is 168 Å². The highest BCUT2D eigenvalue weighted by Gasteiger charge is 2.40. The summed E-state index contributed by atoms with van der Waals surface area (Å²) >= 11 is 0. The molecular weight excluding hydrogens is 556 g/mol. The van der Waals surface area contributed by atoms with E-state index < -0.39 is 29.7 Å². The minimum atomic E-state index is -0.953. The third kappa shape index (κ3) is 6.82. The first-order chi connectivity index (χ1) is 20.4. The van der Waals surface area contributed by atoms with Crippen molar-refractivity contribution in [2.24, 2.45) is 16.6 Å². The maximum Gasteiger partial charge on any atom is 0.411 e. The van der Waals surface area contributed by atoms with Gasteiger partial charge in [-0.15, -0.1) is 0 Å². The number of amides is 2. The van der Waals surface area contributed by atoms with E-state index in [0.29, 0.717) is 27.9 Å². The molecule has 3 heterocycles. The number of nitrogens with two attached hydrogens (primary N) is 1. The van der Waals surface area contributed by atoms with Crippen LogP contribution in [0.3, 0.4) is 0 Å². The van der Waals surface area contributed by atoms with Crippen molar-refractivity contribution in [2.45, 2.75) is 71.6 Å². The van der Waals surface area contributed by atoms with Gasteiger partial charge in [0.25, 0.3) is 0 Å². The first-order valence-corrected chi connectivity index (χ1v) is 14.1. The molecule has 5 rings (SSSR count). The lowest BCUT2D eigenvalue weighted by Gasteiger charge is -2.35. The number of carbonyl (C=O) groups is 4. The smallest absolute Gasteiger partial charge is 0.411 e. The summed E-state index contributed by atoms with van der Waals surface area (Å²) in [6.07, 6.45) is 4.00. The average Bonchev–Trinajstić information content (AvgIpc) is 3.71. The van der Waals surface area contributed by atoms with E-state index in [-0.39, 0.29) is 49.4 Å². The molecule has 1 aliphatic carbocycles. The van der Waals surface area contributed by atoms with Crippen LogP contribution >= 0.6 is 0 Å². The molecule has 1 saturated carbocycles. The van der Waals surface area contributed by atoms with Crippen LogP contribution in [0.5, 0.6) is 11.6 Å². The number of Topliss-reactive ketones (excluding diaryl/α,β-unsaturated/α-hetero) is 1. The van der Waals surface area contributed by atoms with Crippen molar-refractivity contribution in [1.29, 1.82) is 0 Å². The highest BCUT2D eigenvalue weighted by Crippen LogP contribution is 2.34. The van der Waals surface area contributed by atoms with Crippen LogP contribution in [0.4, 0.5) is 9.59 Å². The summed E-state index contributed by atoms with van der Waals surface area (Å²) < 4.78 is 18.3. The van der Waals surface area contributed by atoms with E-state index in [1.54, 1.807) is 58.2 Å². The predicted octanol–water partition coefficient (Wildman–Crippen LogP) is 4.14. The van der Waals surface area contributed by atoms with Crippen LogP contribution in [-0.4, -0.2) is 67.4 Å². The molecule has 226 valence electrons. The lowest BCUT2D eigenvalue weighted by atomic mass is 9.98. The molecule has 2 amide bonds. The average molecular weight is 591 g/mol. The Morgan fingerprint density at radius 3 is 2.58 bits per heavy atom. The van der Waals surface area contributed by atoms with Gasteiger partial charge < -0.3 is 19.9 Å². The largest absolute Gasteiger partial charge is 0.464 e. The second kappa shape index (κ2) is 11.8. The number of nitrogens with zero attached hydrogens (tertiary/aromatic N) is 5. The zero-order chi connectivity index (χ0) is 30.9. The van der Waals surface area contributed by atoms with Gasteiger partial charge in [-0.3, -0.25) is 14.3 Å². The Morgan fingerprint density at radius 2 is 1.88 bits per heavy atom. The second-order valence-corrected chi connectivity index (χ2v) is 11.5. The number of carbonyl (C=O) groups excluding carboxylic acids is 4. The number of aliphatic imine (C=N–C) groups is 1. The summed E-state index contributed by atoms with van der Waals surface area (Å²) in [4.78, 5) is 64.5. The van der Waals surface area contributed by atoms with E-state index in [0.717, 1.165) is 12.8 Å². The molecule has 0 radical (unpaired) electrons. The van der Waals surface area contributed by atoms with E-state index in [1.165, 1.54) is 15.8 Å². The normalized spacial score (nSPS) is 16.9. The number of esters is 1. The van der Waals surface area contributed by atoms with Gasteiger partial charge in [0.1, 0.15) is 35.3 Å². The number of ketones is 1. The van der Waals surface area contributed by atoms with Crippen molar-refractivity contribution < 1.29 is 33.4 Å². The van der Waals surface area contributed by atoms with Crippen LogP contribution in [0.1, 0.15) is 58.2 Å². The van der Waals surface area contributed by atoms with Crippen LogP contribution in [0, 0.1) is 5.92 Å². The third-order valence-corrected chi connectivity index (χ3v) is 6.99. The van der Waals surface area contributed by atoms with Crippen LogP contribution in [0.2, 0.25) is 0 Å². The van der Waals surface area contributed by atoms with Gasteiger partial charge in [-0.1, -0.05) is 0 Å². The van der Waals surface area contributed by atoms with E-state index >= 15 is 0 Å². The Hall–Kier alpha value is -4.81. The van der Waals surface area contributed by atoms with Crippen molar-refractivity contribution in [2.75, 3.05) is 6.61 Å². The number of fused-ring (bicyclic) bond motifs is 2. The second-order valence-electron chi connectivity index (χ2n) is 11.5. The monoisotopic (exact) mass is 590 g/mol. The minimum absolute atomic E-state index is 0.00578. The minimum Gasteiger partial charge on any atom is -0.464 e. The first kappa shape index (κ1) is 29.7. The molecular formula is C30H34N6O7. The van der Waals surface area contributed by atoms with Gasteiger partial charge >= 0.3 is 18.1 Å². The summed E-state index contributed by atoms with van der Waals surface area (Å²) in [5.41, 5.74) is 6.76. The maximum absolute atomic E-state index is 13.0. The Morgan fingerprint density at radius 1 is 1.12 bits per heavy atom. The highest BCUT2D eigenvalue weighted by molar-refractivity contribution is 6.06. The van der Waals surface area contributed by atoms with E-state index in [2.05, 4.69) is 15.0 Å². The summed E-state index contributed by atoms with van der Waals surface area (Å²) in [6.45, 7) is 7.09. The van der Waals surface area contributed by atoms with Crippen molar-refractivity contribution >= 4 is 40.6 Å². The molecule has 0 spiro atoms. The molecule has 1 fully saturated rings. The number of ether oxygens (including phenoxy) is 3. The van der Waals surface area contributed by atoms with Crippen LogP contribution in [-0.2, 0) is 32.0 Å². The molecule has 1 aromatic carbocycles. The van der Waals surface area contributed by atoms with Crippen molar-refractivity contribution in [3.05, 3.63) is 48.0 Å². The molecule has 13 nitrogen and oxygen atoms in total. The number of hydrogen-bond donors (Lipinski definition) is 1. The predicted molar refractivity (Wildman–Crippen MR) is 155 cm³/mol. The van der Waals surface area contributed by atoms with Gasteiger partial charge in [0.15, 0.2) is 0 Å². The Kier molecular flexibility index (Phi) is 8.16. The van der Waals surface area contributed by atoms with Gasteiger partial charge in [0.05, 0.1) is 30.8 Å². The molecule has 13 heteroatoms. The number of aromatic nitrogens is 3. The zero-order valence-corrected chi connectivity index (χ0v) is 24.5. The molecule has 1 unspecified atom stereocenters. The molecule has 3 aromatic rings. The van der Waals surface area contributed by atoms with Gasteiger partial charge in [0, 0.05) is 29.5 Å². The van der Waals surface area contributed by atoms with Crippen molar-refractivity contribution in [1.82, 2.24) is 19.4 Å². The molecule has 0 bridgehead atoms. The first-order valence-electron chi connectivity index (χ1n) is 14.1. The highest BCUT2D eigenvalue weighted by atomic mass is 16.6. The van der Waals surface area contributed by atoms with Gasteiger partial charge in [-0.05, 0) is 64.8 Å². The SMILES string of the molecule is CCOC(=O)C1Cc2c(ncnc2Oc2ccc3c(ccn3C(=O)N=C(N)CC(=O)C3CC3)c2)CN1C(=O)OC(C)(C)C. The number of benzene rings is 1. The van der Waals surface area contributed by atoms with E-state index in [4.69, 9.17) is 19.9 Å². The van der Waals surface area contributed by atoms with Crippen molar-refractivity contribution in [3.8, 4) is 11.6 Å². The number of rotatable bonds is 7. The molecule has 2 aromatic heterocycles. The fourth-order valence-corrected chi connectivity index (χ4v) is 4.80. The lowest BCUT2D eigenvalue weighted by molar-refractivity contribution is -0.150. The molecule has 1 atom stereocenters. The third-order valence-electron chi connectivity index (χ3n) is 6.99. The molecule has 2 N–H and O–H groups in total. The molecule has 43 heavy (non-hydrogen) atoms. The van der Waals surface area contributed by atoms with Crippen LogP contribution in [0.15, 0.2) is 41.8 Å². The Bertz CT molecular complexity index is 1620. The molecule has 0 saturated heterocycles. The maximum atomic E-state index is 13.0. The molecule has 1 aliphatic heterocycles. The summed E-state index contributed by atoms with van der Waals surface area (Å²) in [5, 5.41) is 0.692. The van der Waals surface area contributed by atoms with Crippen LogP contribution in [0.25, 0.3) is 10.9 Å². The van der Waals surface area contributed by atoms with Gasteiger partial charge in [0.2, 0.25) is 5.88 Å². The summed E-state index contributed by atoms with van der Waals surface area (Å²) in [5.74, 6) is 0.126. The molecule has 2 aliphatic rings. The summed E-state index contributed by atoms with van der Waals surface area (Å²) in [6, 6.07) is 5.27. The summed E-state index contributed by atoms with van der Waals surface area (Å²) in [7, 11) is 0. The zero-order valence-electron chi connectivity index (χ0n) is 24.5. The Balaban J connectivity index is 1.37. The fourth-order valence-electron chi connectivity index (χ4n) is 4.80. The van der Waals surface area contributed by atoms with Gasteiger partial charge in [-0.2, -0.15) is 4.99 Å². The van der Waals surface area contributed by atoms with E-state index in [1.807, 2.05) is 0 Å². The van der Waals surface area contributed by atoms with Crippen molar-refractivity contribution in [3.63, 3.8) is 0 Å². The van der Waals surface area contributed by atoms with E-state index in [9.17, 15) is 19.2 Å². The Labute approximate surface area is 248 Å². The number of amidine groups is 1. The fraction of sp³-hybridized carbons (Fsp3) is 0.433. The lowest BCUT2D eigenvalue weighted by Crippen LogP contribution is -2.51. The quantitative estimate of drug-likeness (QED) is 0.240. The number of hydrogen-bond acceptors (Lipinski definition) is 9. The standard InChI is InChI=1S/C30H34N6O7/c1-5-41-27(38)23-13-20-21(15-36(23)29(40)43-30(2,3)4)32-16-33-26(20)42-19-8-9-22-18(12-19)10-11-35(22)28(39)34-25(31)14-24(37)17-6-7-17/h8-12,16-17,23H,5-7,13-15H2,1-4H3,(H2,31,34,39). The van der Waals surface area contributed by atoms with Gasteiger partial charge in [-0.25, -0.2) is 24.4 Å².